The quantitative estimate of drug-likeness (QED) is 0.576. The van der Waals surface area contributed by atoms with Crippen molar-refractivity contribution in [3.63, 3.8) is 0 Å². The van der Waals surface area contributed by atoms with E-state index in [1.807, 2.05) is 19.9 Å². The Balaban J connectivity index is 1.40. The molecule has 3 aliphatic rings. The SMILES string of the molecule is COc1cc(C(=O)NC2CCCN(C)C2)ccc1Nc1ncc2c(n1)N(C1CCCC1)CC(C)(C)C(=O)N2C. The number of ether oxygens (including phenoxy) is 1. The lowest BCUT2D eigenvalue weighted by atomic mass is 9.91. The van der Waals surface area contributed by atoms with Gasteiger partial charge < -0.3 is 30.1 Å². The maximum absolute atomic E-state index is 13.3. The maximum Gasteiger partial charge on any atom is 0.251 e. The van der Waals surface area contributed by atoms with Gasteiger partial charge in [0.2, 0.25) is 11.9 Å². The summed E-state index contributed by atoms with van der Waals surface area (Å²) in [5.74, 6) is 1.67. The first-order valence-electron chi connectivity index (χ1n) is 14.0. The summed E-state index contributed by atoms with van der Waals surface area (Å²) in [5, 5.41) is 6.44. The Morgan fingerprint density at radius 2 is 1.90 bits per heavy atom. The van der Waals surface area contributed by atoms with Crippen molar-refractivity contribution < 1.29 is 14.3 Å². The number of carbonyl (C=O) groups is 2. The van der Waals surface area contributed by atoms with Gasteiger partial charge in [-0.15, -0.1) is 0 Å². The number of hydrogen-bond acceptors (Lipinski definition) is 8. The van der Waals surface area contributed by atoms with Crippen LogP contribution in [0.25, 0.3) is 0 Å². The van der Waals surface area contributed by atoms with Gasteiger partial charge in [-0.05, 0) is 71.3 Å². The van der Waals surface area contributed by atoms with Gasteiger partial charge in [-0.2, -0.15) is 4.98 Å². The van der Waals surface area contributed by atoms with E-state index < -0.39 is 5.41 Å². The summed E-state index contributed by atoms with van der Waals surface area (Å²) in [6.07, 6.45) is 8.34. The Kier molecular flexibility index (Phi) is 7.66. The normalized spacial score (nSPS) is 21.9. The highest BCUT2D eigenvalue weighted by atomic mass is 16.5. The second-order valence-corrected chi connectivity index (χ2v) is 11.8. The Hall–Kier alpha value is -3.40. The fraction of sp³-hybridized carbons (Fsp3) is 0.586. The first kappa shape index (κ1) is 27.2. The van der Waals surface area contributed by atoms with E-state index in [1.165, 1.54) is 12.8 Å². The summed E-state index contributed by atoms with van der Waals surface area (Å²) in [6.45, 7) is 6.53. The monoisotopic (exact) mass is 535 g/mol. The number of likely N-dealkylation sites (N-methyl/N-ethyl adjacent to an activating group) is 1. The van der Waals surface area contributed by atoms with Crippen molar-refractivity contribution in [3.8, 4) is 5.75 Å². The number of nitrogens with zero attached hydrogens (tertiary/aromatic N) is 5. The van der Waals surface area contributed by atoms with Crippen LogP contribution in [0, 0.1) is 5.41 Å². The van der Waals surface area contributed by atoms with Gasteiger partial charge in [0, 0.05) is 37.8 Å². The van der Waals surface area contributed by atoms with Gasteiger partial charge in [-0.1, -0.05) is 12.8 Å². The van der Waals surface area contributed by atoms with Crippen LogP contribution in [0.1, 0.15) is 62.7 Å². The Bertz CT molecular complexity index is 1230. The number of amides is 2. The third-order valence-electron chi connectivity index (χ3n) is 8.27. The van der Waals surface area contributed by atoms with Gasteiger partial charge >= 0.3 is 0 Å². The Labute approximate surface area is 231 Å². The highest BCUT2D eigenvalue weighted by molar-refractivity contribution is 6.01. The second-order valence-electron chi connectivity index (χ2n) is 11.8. The molecule has 10 heteroatoms. The van der Waals surface area contributed by atoms with Crippen LogP contribution in [0.15, 0.2) is 24.4 Å². The molecule has 0 radical (unpaired) electrons. The van der Waals surface area contributed by atoms with Gasteiger partial charge in [0.1, 0.15) is 11.4 Å². The first-order chi connectivity index (χ1) is 18.7. The molecule has 1 saturated carbocycles. The molecule has 1 aromatic heterocycles. The van der Waals surface area contributed by atoms with E-state index in [0.717, 1.165) is 50.3 Å². The number of piperidine rings is 1. The molecule has 10 nitrogen and oxygen atoms in total. The minimum Gasteiger partial charge on any atom is -0.495 e. The molecule has 39 heavy (non-hydrogen) atoms. The zero-order chi connectivity index (χ0) is 27.7. The molecule has 2 aliphatic heterocycles. The molecule has 2 aromatic rings. The average molecular weight is 536 g/mol. The van der Waals surface area contributed by atoms with Crippen molar-refractivity contribution in [2.24, 2.45) is 5.41 Å². The van der Waals surface area contributed by atoms with E-state index >= 15 is 0 Å². The molecule has 2 amide bonds. The molecule has 3 heterocycles. The van der Waals surface area contributed by atoms with Gasteiger partial charge in [0.25, 0.3) is 5.91 Å². The summed E-state index contributed by atoms with van der Waals surface area (Å²) in [4.78, 5) is 41.9. The number of anilines is 4. The zero-order valence-electron chi connectivity index (χ0n) is 23.8. The average Bonchev–Trinajstić information content (AvgIpc) is 3.44. The summed E-state index contributed by atoms with van der Waals surface area (Å²) in [7, 11) is 5.46. The molecule has 1 aromatic carbocycles. The van der Waals surface area contributed by atoms with Crippen LogP contribution in [0.5, 0.6) is 5.75 Å². The standard InChI is InChI=1S/C29H41N7O3/c1-29(2)18-36(21-10-6-7-11-21)25-23(35(4)27(29)38)16-30-28(33-25)32-22-13-12-19(15-24(22)39-5)26(37)31-20-9-8-14-34(3)17-20/h12-13,15-16,20-21H,6-11,14,17-18H2,1-5H3,(H,31,37)(H,30,32,33). The highest BCUT2D eigenvalue weighted by Gasteiger charge is 2.41. The fourth-order valence-electron chi connectivity index (χ4n) is 6.13. The van der Waals surface area contributed by atoms with Crippen LogP contribution in [0.3, 0.4) is 0 Å². The second kappa shape index (κ2) is 11.0. The molecular weight excluding hydrogens is 494 g/mol. The van der Waals surface area contributed by atoms with Gasteiger partial charge in [-0.3, -0.25) is 9.59 Å². The Morgan fingerprint density at radius 3 is 2.62 bits per heavy atom. The molecule has 1 unspecified atom stereocenters. The number of hydrogen-bond donors (Lipinski definition) is 2. The third-order valence-corrected chi connectivity index (χ3v) is 8.27. The largest absolute Gasteiger partial charge is 0.495 e. The van der Waals surface area contributed by atoms with Crippen molar-refractivity contribution >= 4 is 35.0 Å². The number of rotatable bonds is 6. The van der Waals surface area contributed by atoms with Crippen molar-refractivity contribution in [1.82, 2.24) is 20.2 Å². The van der Waals surface area contributed by atoms with E-state index in [4.69, 9.17) is 9.72 Å². The highest BCUT2D eigenvalue weighted by Crippen LogP contribution is 2.40. The smallest absolute Gasteiger partial charge is 0.251 e. The third kappa shape index (κ3) is 5.66. The predicted octanol–water partition coefficient (Wildman–Crippen LogP) is 3.80. The van der Waals surface area contributed by atoms with Crippen LogP contribution < -0.4 is 25.2 Å². The number of likely N-dealkylation sites (tertiary alicyclic amines) is 1. The predicted molar refractivity (Wildman–Crippen MR) is 153 cm³/mol. The number of aromatic nitrogens is 2. The van der Waals surface area contributed by atoms with E-state index in [9.17, 15) is 9.59 Å². The Morgan fingerprint density at radius 1 is 1.13 bits per heavy atom. The number of benzene rings is 1. The molecule has 0 bridgehead atoms. The van der Waals surface area contributed by atoms with E-state index in [1.54, 1.807) is 37.4 Å². The lowest BCUT2D eigenvalue weighted by Gasteiger charge is -2.34. The first-order valence-corrected chi connectivity index (χ1v) is 14.0. The molecule has 1 atom stereocenters. The molecule has 0 spiro atoms. The lowest BCUT2D eigenvalue weighted by molar-refractivity contribution is -0.125. The summed E-state index contributed by atoms with van der Waals surface area (Å²) >= 11 is 0. The molecule has 210 valence electrons. The van der Waals surface area contributed by atoms with Crippen molar-refractivity contribution in [1.29, 1.82) is 0 Å². The van der Waals surface area contributed by atoms with Gasteiger partial charge in [0.05, 0.1) is 24.4 Å². The number of carbonyl (C=O) groups excluding carboxylic acids is 2. The van der Waals surface area contributed by atoms with Crippen LogP contribution >= 0.6 is 0 Å². The van der Waals surface area contributed by atoms with E-state index in [0.29, 0.717) is 35.5 Å². The van der Waals surface area contributed by atoms with Crippen LogP contribution in [0.4, 0.5) is 23.1 Å². The van der Waals surface area contributed by atoms with Gasteiger partial charge in [0.15, 0.2) is 5.82 Å². The summed E-state index contributed by atoms with van der Waals surface area (Å²) < 4.78 is 5.64. The zero-order valence-corrected chi connectivity index (χ0v) is 23.8. The topological polar surface area (TPSA) is 103 Å². The van der Waals surface area contributed by atoms with Crippen molar-refractivity contribution in [2.75, 3.05) is 56.0 Å². The van der Waals surface area contributed by atoms with Crippen molar-refractivity contribution in [3.05, 3.63) is 30.0 Å². The minimum absolute atomic E-state index is 0.0592. The van der Waals surface area contributed by atoms with Gasteiger partial charge in [-0.25, -0.2) is 4.98 Å². The van der Waals surface area contributed by atoms with Crippen LogP contribution in [-0.4, -0.2) is 79.6 Å². The number of fused-ring (bicyclic) bond motifs is 1. The summed E-state index contributed by atoms with van der Waals surface area (Å²) in [5.41, 5.74) is 1.38. The minimum atomic E-state index is -0.543. The van der Waals surface area contributed by atoms with Crippen molar-refractivity contribution in [2.45, 2.75) is 64.5 Å². The van der Waals surface area contributed by atoms with E-state index in [2.05, 4.69) is 32.5 Å². The molecule has 1 aliphatic carbocycles. The number of nitrogens with one attached hydrogen (secondary N) is 2. The molecule has 2 N–H and O–H groups in total. The molecule has 1 saturated heterocycles. The van der Waals surface area contributed by atoms with Crippen LogP contribution in [0.2, 0.25) is 0 Å². The molecule has 2 fully saturated rings. The number of methoxy groups -OCH3 is 1. The molecule has 5 rings (SSSR count). The maximum atomic E-state index is 13.3. The lowest BCUT2D eigenvalue weighted by Crippen LogP contribution is -2.46. The summed E-state index contributed by atoms with van der Waals surface area (Å²) in [6, 6.07) is 5.85. The fourth-order valence-corrected chi connectivity index (χ4v) is 6.13. The van der Waals surface area contributed by atoms with Crippen LogP contribution in [-0.2, 0) is 4.79 Å². The van der Waals surface area contributed by atoms with E-state index in [-0.39, 0.29) is 17.9 Å². The molecular formula is C29H41N7O3.